The van der Waals surface area contributed by atoms with Crippen molar-refractivity contribution in [1.29, 1.82) is 0 Å². The normalized spacial score (nSPS) is 28.2. The second-order valence-corrected chi connectivity index (χ2v) is 3.49. The maximum atomic E-state index is 5.71. The van der Waals surface area contributed by atoms with E-state index in [2.05, 4.69) is 38.1 Å². The smallest absolute Gasteiger partial charge is 0.0803 e. The lowest BCUT2D eigenvalue weighted by Gasteiger charge is -2.27. The van der Waals surface area contributed by atoms with Gasteiger partial charge in [-0.2, -0.15) is 0 Å². The van der Waals surface area contributed by atoms with E-state index in [0.717, 1.165) is 6.42 Å². The van der Waals surface area contributed by atoms with Crippen LogP contribution in [0.15, 0.2) is 24.3 Å². The van der Waals surface area contributed by atoms with Crippen molar-refractivity contribution < 1.29 is 4.74 Å². The Hall–Kier alpha value is -0.820. The summed E-state index contributed by atoms with van der Waals surface area (Å²) in [5.74, 6) is 0. The van der Waals surface area contributed by atoms with Crippen LogP contribution in [0.2, 0.25) is 0 Å². The van der Waals surface area contributed by atoms with E-state index in [9.17, 15) is 0 Å². The Balaban J connectivity index is 2.40. The maximum Gasteiger partial charge on any atom is 0.0803 e. The third kappa shape index (κ3) is 1.25. The average Bonchev–Trinajstić information content (AvgIpc) is 2.04. The fraction of sp³-hybridized carbons (Fsp3) is 0.455. The summed E-state index contributed by atoms with van der Waals surface area (Å²) in [6.07, 6.45) is 1.69. The van der Waals surface area contributed by atoms with Crippen LogP contribution in [0.3, 0.4) is 0 Å². The Morgan fingerprint density at radius 2 is 2.00 bits per heavy atom. The van der Waals surface area contributed by atoms with E-state index in [1.807, 2.05) is 0 Å². The van der Waals surface area contributed by atoms with Gasteiger partial charge in [0.1, 0.15) is 0 Å². The highest BCUT2D eigenvalue weighted by molar-refractivity contribution is 5.30. The van der Waals surface area contributed by atoms with Crippen molar-refractivity contribution in [1.82, 2.24) is 0 Å². The molecule has 0 saturated carbocycles. The largest absolute Gasteiger partial charge is 0.371 e. The van der Waals surface area contributed by atoms with Gasteiger partial charge in [-0.3, -0.25) is 0 Å². The van der Waals surface area contributed by atoms with Gasteiger partial charge in [0.25, 0.3) is 0 Å². The summed E-state index contributed by atoms with van der Waals surface area (Å²) in [5, 5.41) is 0. The molecule has 0 spiro atoms. The molecule has 0 saturated heterocycles. The molecule has 1 aliphatic heterocycles. The molecule has 2 atom stereocenters. The SMILES string of the molecule is CC1Cc2ccccc2C(C)O1. The summed E-state index contributed by atoms with van der Waals surface area (Å²) in [6.45, 7) is 4.25. The van der Waals surface area contributed by atoms with Gasteiger partial charge >= 0.3 is 0 Å². The molecule has 2 unspecified atom stereocenters. The van der Waals surface area contributed by atoms with Crippen LogP contribution in [-0.2, 0) is 11.2 Å². The quantitative estimate of drug-likeness (QED) is 0.570. The third-order valence-corrected chi connectivity index (χ3v) is 2.44. The van der Waals surface area contributed by atoms with Crippen molar-refractivity contribution in [3.8, 4) is 0 Å². The molecule has 12 heavy (non-hydrogen) atoms. The van der Waals surface area contributed by atoms with Crippen LogP contribution in [0.5, 0.6) is 0 Å². The molecule has 64 valence electrons. The van der Waals surface area contributed by atoms with E-state index in [1.165, 1.54) is 11.1 Å². The number of benzene rings is 1. The number of hydrogen-bond acceptors (Lipinski definition) is 1. The molecule has 1 nitrogen and oxygen atoms in total. The van der Waals surface area contributed by atoms with Gasteiger partial charge in [-0.15, -0.1) is 0 Å². The van der Waals surface area contributed by atoms with E-state index < -0.39 is 0 Å². The summed E-state index contributed by atoms with van der Waals surface area (Å²) in [6, 6.07) is 8.54. The molecule has 0 radical (unpaired) electrons. The molecule has 0 fully saturated rings. The molecule has 0 aliphatic carbocycles. The second kappa shape index (κ2) is 2.91. The highest BCUT2D eigenvalue weighted by Crippen LogP contribution is 2.28. The molecule has 0 aromatic heterocycles. The van der Waals surface area contributed by atoms with Crippen LogP contribution >= 0.6 is 0 Å². The highest BCUT2D eigenvalue weighted by Gasteiger charge is 2.20. The van der Waals surface area contributed by atoms with E-state index in [0.29, 0.717) is 6.10 Å². The third-order valence-electron chi connectivity index (χ3n) is 2.44. The minimum atomic E-state index is 0.268. The van der Waals surface area contributed by atoms with Gasteiger partial charge in [0.05, 0.1) is 12.2 Å². The zero-order chi connectivity index (χ0) is 8.55. The van der Waals surface area contributed by atoms with Crippen molar-refractivity contribution in [2.45, 2.75) is 32.5 Å². The van der Waals surface area contributed by atoms with Gasteiger partial charge in [0, 0.05) is 0 Å². The number of fused-ring (bicyclic) bond motifs is 1. The van der Waals surface area contributed by atoms with Crippen molar-refractivity contribution in [3.63, 3.8) is 0 Å². The fourth-order valence-corrected chi connectivity index (χ4v) is 1.90. The lowest BCUT2D eigenvalue weighted by Crippen LogP contribution is -2.21. The Morgan fingerprint density at radius 3 is 2.83 bits per heavy atom. The topological polar surface area (TPSA) is 9.23 Å². The number of rotatable bonds is 0. The molecule has 2 rings (SSSR count). The molecular formula is C11H14O. The van der Waals surface area contributed by atoms with Crippen LogP contribution < -0.4 is 0 Å². The summed E-state index contributed by atoms with van der Waals surface area (Å²) in [5.41, 5.74) is 2.80. The first-order chi connectivity index (χ1) is 5.77. The summed E-state index contributed by atoms with van der Waals surface area (Å²) < 4.78 is 5.71. The Bertz CT molecular complexity index is 280. The molecule has 0 amide bonds. The van der Waals surface area contributed by atoms with Gasteiger partial charge < -0.3 is 4.74 Å². The van der Waals surface area contributed by atoms with Crippen molar-refractivity contribution >= 4 is 0 Å². The Kier molecular flexibility index (Phi) is 1.89. The van der Waals surface area contributed by atoms with E-state index in [1.54, 1.807) is 0 Å². The number of hydrogen-bond donors (Lipinski definition) is 0. The van der Waals surface area contributed by atoms with Gasteiger partial charge in [-0.1, -0.05) is 24.3 Å². The standard InChI is InChI=1S/C11H14O/c1-8-7-10-5-3-4-6-11(10)9(2)12-8/h3-6,8-9H,7H2,1-2H3. The van der Waals surface area contributed by atoms with Crippen LogP contribution in [-0.4, -0.2) is 6.10 Å². The first kappa shape index (κ1) is 7.81. The Morgan fingerprint density at radius 1 is 1.25 bits per heavy atom. The molecule has 0 N–H and O–H groups in total. The molecule has 0 bridgehead atoms. The molecule has 1 aromatic carbocycles. The van der Waals surface area contributed by atoms with E-state index in [-0.39, 0.29) is 6.10 Å². The summed E-state index contributed by atoms with van der Waals surface area (Å²) in [7, 11) is 0. The van der Waals surface area contributed by atoms with Gasteiger partial charge in [0.15, 0.2) is 0 Å². The van der Waals surface area contributed by atoms with Crippen LogP contribution in [0.1, 0.15) is 31.1 Å². The summed E-state index contributed by atoms with van der Waals surface area (Å²) in [4.78, 5) is 0. The van der Waals surface area contributed by atoms with Crippen molar-refractivity contribution in [2.24, 2.45) is 0 Å². The van der Waals surface area contributed by atoms with E-state index >= 15 is 0 Å². The molecule has 1 heterocycles. The molecule has 1 heteroatoms. The lowest BCUT2D eigenvalue weighted by molar-refractivity contribution is -0.00468. The fourth-order valence-electron chi connectivity index (χ4n) is 1.90. The van der Waals surface area contributed by atoms with Gasteiger partial charge in [-0.05, 0) is 31.4 Å². The first-order valence-corrected chi connectivity index (χ1v) is 4.50. The van der Waals surface area contributed by atoms with Crippen LogP contribution in [0.4, 0.5) is 0 Å². The zero-order valence-electron chi connectivity index (χ0n) is 7.58. The Labute approximate surface area is 73.4 Å². The minimum absolute atomic E-state index is 0.268. The minimum Gasteiger partial charge on any atom is -0.371 e. The number of ether oxygens (including phenoxy) is 1. The van der Waals surface area contributed by atoms with Gasteiger partial charge in [0.2, 0.25) is 0 Å². The van der Waals surface area contributed by atoms with Crippen molar-refractivity contribution in [2.75, 3.05) is 0 Å². The van der Waals surface area contributed by atoms with Gasteiger partial charge in [-0.25, -0.2) is 0 Å². The molecule has 1 aliphatic rings. The molecule has 1 aromatic rings. The van der Waals surface area contributed by atoms with Crippen LogP contribution in [0.25, 0.3) is 0 Å². The maximum absolute atomic E-state index is 5.71. The average molecular weight is 162 g/mol. The predicted molar refractivity (Wildman–Crippen MR) is 49.1 cm³/mol. The molecular weight excluding hydrogens is 148 g/mol. The predicted octanol–water partition coefficient (Wildman–Crippen LogP) is 2.71. The monoisotopic (exact) mass is 162 g/mol. The lowest BCUT2D eigenvalue weighted by atomic mass is 9.96. The van der Waals surface area contributed by atoms with Crippen molar-refractivity contribution in [3.05, 3.63) is 35.4 Å². The highest BCUT2D eigenvalue weighted by atomic mass is 16.5. The first-order valence-electron chi connectivity index (χ1n) is 4.50. The van der Waals surface area contributed by atoms with Crippen LogP contribution in [0, 0.1) is 0 Å². The summed E-state index contributed by atoms with van der Waals surface area (Å²) >= 11 is 0. The second-order valence-electron chi connectivity index (χ2n) is 3.49. The van der Waals surface area contributed by atoms with E-state index in [4.69, 9.17) is 4.74 Å². The zero-order valence-corrected chi connectivity index (χ0v) is 7.58.